The Balaban J connectivity index is 1.37. The highest BCUT2D eigenvalue weighted by Crippen LogP contribution is 2.25. The Kier molecular flexibility index (Phi) is 5.95. The molecule has 4 rings (SSSR count). The lowest BCUT2D eigenvalue weighted by Gasteiger charge is -2.35. The molecule has 2 amide bonds. The van der Waals surface area contributed by atoms with Crippen LogP contribution in [-0.4, -0.2) is 43.7 Å². The van der Waals surface area contributed by atoms with Crippen molar-refractivity contribution in [2.45, 2.75) is 26.8 Å². The van der Waals surface area contributed by atoms with Crippen molar-refractivity contribution in [2.75, 3.05) is 42.9 Å². The third kappa shape index (κ3) is 4.44. The van der Waals surface area contributed by atoms with E-state index in [1.807, 2.05) is 50.2 Å². The third-order valence-corrected chi connectivity index (χ3v) is 5.86. The third-order valence-electron chi connectivity index (χ3n) is 5.86. The van der Waals surface area contributed by atoms with E-state index >= 15 is 0 Å². The number of furan rings is 1. The quantitative estimate of drug-likeness (QED) is 0.641. The van der Waals surface area contributed by atoms with E-state index < -0.39 is 0 Å². The zero-order valence-electron chi connectivity index (χ0n) is 17.9. The van der Waals surface area contributed by atoms with Crippen LogP contribution in [0.5, 0.6) is 0 Å². The van der Waals surface area contributed by atoms with Crippen LogP contribution in [0.15, 0.2) is 52.9 Å². The number of benzene rings is 2. The fraction of sp³-hybridized carbons (Fsp3) is 0.375. The van der Waals surface area contributed by atoms with Crippen molar-refractivity contribution in [1.29, 1.82) is 0 Å². The summed E-state index contributed by atoms with van der Waals surface area (Å²) < 4.78 is 5.85. The number of nitrogens with zero attached hydrogens (tertiary/aromatic N) is 2. The number of rotatable bonds is 5. The maximum absolute atomic E-state index is 12.5. The molecule has 2 heterocycles. The first-order valence-electron chi connectivity index (χ1n) is 10.7. The number of hydrogen-bond acceptors (Lipinski definition) is 4. The molecular formula is C24H30N4O2. The topological polar surface area (TPSA) is 60.8 Å². The molecule has 1 fully saturated rings. The van der Waals surface area contributed by atoms with Crippen LogP contribution in [0.1, 0.15) is 31.2 Å². The average Bonchev–Trinajstić information content (AvgIpc) is 3.20. The number of urea groups is 1. The van der Waals surface area contributed by atoms with Gasteiger partial charge in [0.05, 0.1) is 6.04 Å². The van der Waals surface area contributed by atoms with Gasteiger partial charge in [-0.1, -0.05) is 25.1 Å². The molecule has 3 aromatic rings. The Morgan fingerprint density at radius 2 is 1.87 bits per heavy atom. The van der Waals surface area contributed by atoms with Crippen molar-refractivity contribution in [1.82, 2.24) is 10.2 Å². The van der Waals surface area contributed by atoms with Gasteiger partial charge in [0.25, 0.3) is 0 Å². The van der Waals surface area contributed by atoms with Gasteiger partial charge in [0.15, 0.2) is 0 Å². The smallest absolute Gasteiger partial charge is 0.319 e. The first kappa shape index (κ1) is 20.3. The Morgan fingerprint density at radius 1 is 1.10 bits per heavy atom. The van der Waals surface area contributed by atoms with Crippen molar-refractivity contribution in [3.63, 3.8) is 0 Å². The number of amides is 2. The summed E-state index contributed by atoms with van der Waals surface area (Å²) in [6, 6.07) is 15.6. The van der Waals surface area contributed by atoms with Crippen LogP contribution in [0.2, 0.25) is 0 Å². The molecular weight excluding hydrogens is 376 g/mol. The van der Waals surface area contributed by atoms with Gasteiger partial charge in [-0.05, 0) is 56.3 Å². The van der Waals surface area contributed by atoms with Gasteiger partial charge in [-0.3, -0.25) is 0 Å². The maximum Gasteiger partial charge on any atom is 0.319 e. The zero-order valence-corrected chi connectivity index (χ0v) is 17.9. The van der Waals surface area contributed by atoms with Crippen molar-refractivity contribution in [2.24, 2.45) is 0 Å². The van der Waals surface area contributed by atoms with Crippen LogP contribution >= 0.6 is 0 Å². The van der Waals surface area contributed by atoms with Crippen molar-refractivity contribution >= 4 is 28.4 Å². The summed E-state index contributed by atoms with van der Waals surface area (Å²) in [4.78, 5) is 17.4. The van der Waals surface area contributed by atoms with Crippen LogP contribution in [-0.2, 0) is 0 Å². The highest BCUT2D eigenvalue weighted by atomic mass is 16.3. The SMILES string of the molecule is CCN1CCN(c2ccc(NC(=O)N[C@@H](C)c3cc4ccccc4o3)c(C)c2)CC1. The molecule has 2 N–H and O–H groups in total. The van der Waals surface area contributed by atoms with Crippen LogP contribution in [0.4, 0.5) is 16.2 Å². The zero-order chi connectivity index (χ0) is 21.1. The Bertz CT molecular complexity index is 988. The van der Waals surface area contributed by atoms with E-state index in [1.165, 1.54) is 5.69 Å². The summed E-state index contributed by atoms with van der Waals surface area (Å²) in [5.41, 5.74) is 3.91. The van der Waals surface area contributed by atoms with E-state index in [0.717, 1.165) is 60.7 Å². The predicted octanol–water partition coefficient (Wildman–Crippen LogP) is 4.77. The number of hydrogen-bond donors (Lipinski definition) is 2. The molecule has 1 aliphatic rings. The minimum Gasteiger partial charge on any atom is -0.459 e. The summed E-state index contributed by atoms with van der Waals surface area (Å²) in [5.74, 6) is 0.740. The van der Waals surface area contributed by atoms with Gasteiger partial charge in [-0.15, -0.1) is 0 Å². The monoisotopic (exact) mass is 406 g/mol. The second-order valence-corrected chi connectivity index (χ2v) is 7.93. The molecule has 0 spiro atoms. The Hall–Kier alpha value is -2.99. The number of carbonyl (C=O) groups excluding carboxylic acids is 1. The molecule has 1 aliphatic heterocycles. The summed E-state index contributed by atoms with van der Waals surface area (Å²) in [5, 5.41) is 6.97. The van der Waals surface area contributed by atoms with Gasteiger partial charge >= 0.3 is 6.03 Å². The number of likely N-dealkylation sites (N-methyl/N-ethyl adjacent to an activating group) is 1. The molecule has 0 aliphatic carbocycles. The molecule has 1 saturated heterocycles. The molecule has 1 aromatic heterocycles. The van der Waals surface area contributed by atoms with Gasteiger partial charge in [0.2, 0.25) is 0 Å². The van der Waals surface area contributed by atoms with E-state index in [2.05, 4.69) is 39.5 Å². The lowest BCUT2D eigenvalue weighted by atomic mass is 10.1. The molecule has 6 nitrogen and oxygen atoms in total. The number of nitrogens with one attached hydrogen (secondary N) is 2. The van der Waals surface area contributed by atoms with Crippen LogP contribution in [0.3, 0.4) is 0 Å². The van der Waals surface area contributed by atoms with E-state index in [-0.39, 0.29) is 12.1 Å². The number of anilines is 2. The van der Waals surface area contributed by atoms with Gasteiger partial charge in [-0.2, -0.15) is 0 Å². The fourth-order valence-electron chi connectivity index (χ4n) is 3.95. The lowest BCUT2D eigenvalue weighted by molar-refractivity contribution is 0.248. The standard InChI is InChI=1S/C24H30N4O2/c1-4-27-11-13-28(14-12-27)20-9-10-21(17(2)15-20)26-24(29)25-18(3)23-16-19-7-5-6-8-22(19)30-23/h5-10,15-16,18H,4,11-14H2,1-3H3,(H2,25,26,29)/t18-/m0/s1. The summed E-state index contributed by atoms with van der Waals surface area (Å²) >= 11 is 0. The maximum atomic E-state index is 12.5. The number of fused-ring (bicyclic) bond motifs is 1. The van der Waals surface area contributed by atoms with Crippen molar-refractivity contribution in [3.8, 4) is 0 Å². The molecule has 0 bridgehead atoms. The number of para-hydroxylation sites is 1. The second kappa shape index (κ2) is 8.79. The second-order valence-electron chi connectivity index (χ2n) is 7.93. The van der Waals surface area contributed by atoms with Crippen molar-refractivity contribution < 1.29 is 9.21 Å². The number of carbonyl (C=O) groups is 1. The van der Waals surface area contributed by atoms with E-state index in [4.69, 9.17) is 4.42 Å². The van der Waals surface area contributed by atoms with Crippen molar-refractivity contribution in [3.05, 3.63) is 59.9 Å². The summed E-state index contributed by atoms with van der Waals surface area (Å²) in [6.07, 6.45) is 0. The molecule has 1 atom stereocenters. The highest BCUT2D eigenvalue weighted by Gasteiger charge is 2.18. The largest absolute Gasteiger partial charge is 0.459 e. The number of piperazine rings is 1. The van der Waals surface area contributed by atoms with Crippen LogP contribution in [0, 0.1) is 6.92 Å². The molecule has 158 valence electrons. The Morgan fingerprint density at radius 3 is 2.57 bits per heavy atom. The molecule has 30 heavy (non-hydrogen) atoms. The predicted molar refractivity (Wildman–Crippen MR) is 122 cm³/mol. The lowest BCUT2D eigenvalue weighted by Crippen LogP contribution is -2.46. The van der Waals surface area contributed by atoms with E-state index in [1.54, 1.807) is 0 Å². The molecule has 2 aromatic carbocycles. The first-order chi connectivity index (χ1) is 14.5. The van der Waals surface area contributed by atoms with E-state index in [0.29, 0.717) is 0 Å². The van der Waals surface area contributed by atoms with E-state index in [9.17, 15) is 4.79 Å². The molecule has 6 heteroatoms. The van der Waals surface area contributed by atoms with Gasteiger partial charge in [0.1, 0.15) is 11.3 Å². The van der Waals surface area contributed by atoms with Gasteiger partial charge in [0, 0.05) is 42.9 Å². The summed E-state index contributed by atoms with van der Waals surface area (Å²) in [7, 11) is 0. The average molecular weight is 407 g/mol. The first-order valence-corrected chi connectivity index (χ1v) is 10.7. The highest BCUT2D eigenvalue weighted by molar-refractivity contribution is 5.90. The normalized spacial score (nSPS) is 15.9. The van der Waals surface area contributed by atoms with Gasteiger partial charge in [-0.25, -0.2) is 4.79 Å². The molecule has 0 radical (unpaired) electrons. The fourth-order valence-corrected chi connectivity index (χ4v) is 3.95. The Labute approximate surface area is 177 Å². The number of aryl methyl sites for hydroxylation is 1. The summed E-state index contributed by atoms with van der Waals surface area (Å²) in [6.45, 7) is 11.5. The van der Waals surface area contributed by atoms with Gasteiger partial charge < -0.3 is 24.9 Å². The molecule has 0 saturated carbocycles. The molecule has 0 unspecified atom stereocenters. The minimum atomic E-state index is -0.240. The minimum absolute atomic E-state index is 0.230. The van der Waals surface area contributed by atoms with Crippen LogP contribution < -0.4 is 15.5 Å². The van der Waals surface area contributed by atoms with Crippen LogP contribution in [0.25, 0.3) is 11.0 Å².